The van der Waals surface area contributed by atoms with Gasteiger partial charge in [-0.15, -0.1) is 0 Å². The standard InChI is InChI=1S/C20H18N4O3/c1-26-12-15-18(22-14-7-8-16-13(11-14)5-3-9-21-16)23-19-17(27-2)6-4-10-24(19)20(15)25/h3-11,22H,12H2,1-2H3. The Balaban J connectivity index is 1.87. The number of nitrogens with one attached hydrogen (secondary N) is 1. The molecule has 1 aromatic carbocycles. The lowest BCUT2D eigenvalue weighted by molar-refractivity contribution is 0.184. The maximum absolute atomic E-state index is 12.9. The first-order chi connectivity index (χ1) is 13.2. The lowest BCUT2D eigenvalue weighted by Gasteiger charge is -2.14. The Kier molecular flexibility index (Phi) is 4.43. The van der Waals surface area contributed by atoms with Crippen molar-refractivity contribution in [3.8, 4) is 5.75 Å². The monoisotopic (exact) mass is 362 g/mol. The molecule has 0 aliphatic heterocycles. The van der Waals surface area contributed by atoms with Gasteiger partial charge in [0.05, 0.1) is 24.8 Å². The number of benzene rings is 1. The first kappa shape index (κ1) is 17.0. The van der Waals surface area contributed by atoms with Crippen LogP contribution in [0.3, 0.4) is 0 Å². The number of aromatic nitrogens is 3. The van der Waals surface area contributed by atoms with Crippen LogP contribution >= 0.6 is 0 Å². The van der Waals surface area contributed by atoms with E-state index in [-0.39, 0.29) is 12.2 Å². The van der Waals surface area contributed by atoms with E-state index in [1.165, 1.54) is 4.40 Å². The van der Waals surface area contributed by atoms with Crippen LogP contribution in [0.15, 0.2) is 59.7 Å². The summed E-state index contributed by atoms with van der Waals surface area (Å²) in [4.78, 5) is 21.9. The Hall–Kier alpha value is -3.45. The molecule has 0 aliphatic carbocycles. The van der Waals surface area contributed by atoms with Crippen molar-refractivity contribution in [2.45, 2.75) is 6.61 Å². The Morgan fingerprint density at radius 1 is 1.15 bits per heavy atom. The van der Waals surface area contributed by atoms with Crippen molar-refractivity contribution >= 4 is 28.1 Å². The van der Waals surface area contributed by atoms with Crippen molar-refractivity contribution in [1.29, 1.82) is 0 Å². The van der Waals surface area contributed by atoms with E-state index in [4.69, 9.17) is 9.47 Å². The van der Waals surface area contributed by atoms with Gasteiger partial charge in [0.2, 0.25) is 0 Å². The van der Waals surface area contributed by atoms with Crippen molar-refractivity contribution in [3.05, 3.63) is 70.8 Å². The molecule has 0 aliphatic rings. The SMILES string of the molecule is COCc1c(Nc2ccc3ncccc3c2)nc2c(OC)cccn2c1=O. The summed E-state index contributed by atoms with van der Waals surface area (Å²) in [7, 11) is 3.10. The van der Waals surface area contributed by atoms with E-state index in [0.29, 0.717) is 22.8 Å². The molecule has 4 rings (SSSR count). The van der Waals surface area contributed by atoms with Gasteiger partial charge in [-0.2, -0.15) is 0 Å². The molecule has 136 valence electrons. The summed E-state index contributed by atoms with van der Waals surface area (Å²) >= 11 is 0. The zero-order valence-corrected chi connectivity index (χ0v) is 15.0. The number of pyridine rings is 2. The van der Waals surface area contributed by atoms with E-state index in [0.717, 1.165) is 16.6 Å². The van der Waals surface area contributed by atoms with E-state index in [9.17, 15) is 4.79 Å². The molecule has 7 heteroatoms. The van der Waals surface area contributed by atoms with Gasteiger partial charge in [-0.3, -0.25) is 14.2 Å². The van der Waals surface area contributed by atoms with Crippen LogP contribution in [0.4, 0.5) is 11.5 Å². The summed E-state index contributed by atoms with van der Waals surface area (Å²) in [6.45, 7) is 0.142. The molecule has 1 N–H and O–H groups in total. The highest BCUT2D eigenvalue weighted by molar-refractivity contribution is 5.83. The van der Waals surface area contributed by atoms with E-state index in [1.807, 2.05) is 30.3 Å². The molecular weight excluding hydrogens is 344 g/mol. The van der Waals surface area contributed by atoms with Crippen LogP contribution in [0.2, 0.25) is 0 Å². The summed E-state index contributed by atoms with van der Waals surface area (Å²) in [5, 5.41) is 4.24. The molecule has 27 heavy (non-hydrogen) atoms. The number of hydrogen-bond acceptors (Lipinski definition) is 6. The fourth-order valence-corrected chi connectivity index (χ4v) is 3.00. The maximum Gasteiger partial charge on any atom is 0.265 e. The van der Waals surface area contributed by atoms with Crippen LogP contribution in [0.25, 0.3) is 16.6 Å². The second-order valence-electron chi connectivity index (χ2n) is 5.98. The van der Waals surface area contributed by atoms with Crippen LogP contribution < -0.4 is 15.6 Å². The van der Waals surface area contributed by atoms with Crippen molar-refractivity contribution in [2.24, 2.45) is 0 Å². The molecule has 3 aromatic heterocycles. The lowest BCUT2D eigenvalue weighted by atomic mass is 10.2. The Bertz CT molecular complexity index is 1190. The zero-order chi connectivity index (χ0) is 18.8. The van der Waals surface area contributed by atoms with Crippen molar-refractivity contribution < 1.29 is 9.47 Å². The van der Waals surface area contributed by atoms with Gasteiger partial charge in [0.1, 0.15) is 5.82 Å². The highest BCUT2D eigenvalue weighted by Gasteiger charge is 2.15. The second-order valence-corrected chi connectivity index (χ2v) is 5.98. The van der Waals surface area contributed by atoms with E-state index in [2.05, 4.69) is 15.3 Å². The molecule has 0 amide bonds. The average Bonchev–Trinajstić information content (AvgIpc) is 2.70. The number of methoxy groups -OCH3 is 2. The van der Waals surface area contributed by atoms with Gasteiger partial charge in [-0.05, 0) is 36.4 Å². The fourth-order valence-electron chi connectivity index (χ4n) is 3.00. The number of ether oxygens (including phenoxy) is 2. The van der Waals surface area contributed by atoms with Gasteiger partial charge in [-0.1, -0.05) is 6.07 Å². The molecular formula is C20H18N4O3. The molecule has 0 radical (unpaired) electrons. The zero-order valence-electron chi connectivity index (χ0n) is 15.0. The lowest BCUT2D eigenvalue weighted by Crippen LogP contribution is -2.22. The van der Waals surface area contributed by atoms with Crippen LogP contribution in [0.5, 0.6) is 5.75 Å². The number of nitrogens with zero attached hydrogens (tertiary/aromatic N) is 3. The minimum atomic E-state index is -0.203. The van der Waals surface area contributed by atoms with Crippen LogP contribution in [-0.4, -0.2) is 28.6 Å². The molecule has 0 spiro atoms. The average molecular weight is 362 g/mol. The summed E-state index contributed by atoms with van der Waals surface area (Å²) in [5.74, 6) is 0.957. The Morgan fingerprint density at radius 3 is 2.85 bits per heavy atom. The van der Waals surface area contributed by atoms with Crippen molar-refractivity contribution in [1.82, 2.24) is 14.4 Å². The van der Waals surface area contributed by atoms with E-state index in [1.54, 1.807) is 38.7 Å². The number of anilines is 2. The van der Waals surface area contributed by atoms with Crippen LogP contribution in [0.1, 0.15) is 5.56 Å². The maximum atomic E-state index is 12.9. The second kappa shape index (κ2) is 7.05. The van der Waals surface area contributed by atoms with Gasteiger partial charge in [0.15, 0.2) is 11.4 Å². The Morgan fingerprint density at radius 2 is 2.04 bits per heavy atom. The summed E-state index contributed by atoms with van der Waals surface area (Å²) in [6, 6.07) is 13.2. The predicted molar refractivity (Wildman–Crippen MR) is 104 cm³/mol. The van der Waals surface area contributed by atoms with Crippen LogP contribution in [-0.2, 0) is 11.3 Å². The molecule has 0 saturated carbocycles. The smallest absolute Gasteiger partial charge is 0.265 e. The number of rotatable bonds is 5. The van der Waals surface area contributed by atoms with Gasteiger partial charge >= 0.3 is 0 Å². The predicted octanol–water partition coefficient (Wildman–Crippen LogP) is 3.14. The third-order valence-corrected chi connectivity index (χ3v) is 4.29. The molecule has 0 fully saturated rings. The first-order valence-electron chi connectivity index (χ1n) is 8.40. The molecule has 0 unspecified atom stereocenters. The highest BCUT2D eigenvalue weighted by Crippen LogP contribution is 2.24. The summed E-state index contributed by atoms with van der Waals surface area (Å²) < 4.78 is 12.0. The topological polar surface area (TPSA) is 77.8 Å². The van der Waals surface area contributed by atoms with Crippen LogP contribution in [0, 0.1) is 0 Å². The minimum absolute atomic E-state index is 0.142. The van der Waals surface area contributed by atoms with Crippen molar-refractivity contribution in [2.75, 3.05) is 19.5 Å². The fraction of sp³-hybridized carbons (Fsp3) is 0.150. The molecule has 3 heterocycles. The molecule has 4 aromatic rings. The third-order valence-electron chi connectivity index (χ3n) is 4.29. The minimum Gasteiger partial charge on any atom is -0.493 e. The van der Waals surface area contributed by atoms with Gasteiger partial charge in [-0.25, -0.2) is 4.98 Å². The molecule has 0 bridgehead atoms. The van der Waals surface area contributed by atoms with Gasteiger partial charge < -0.3 is 14.8 Å². The number of fused-ring (bicyclic) bond motifs is 2. The summed E-state index contributed by atoms with van der Waals surface area (Å²) in [6.07, 6.45) is 3.42. The first-order valence-corrected chi connectivity index (χ1v) is 8.40. The number of hydrogen-bond donors (Lipinski definition) is 1. The quantitative estimate of drug-likeness (QED) is 0.588. The largest absolute Gasteiger partial charge is 0.493 e. The Labute approximate surface area is 155 Å². The third kappa shape index (κ3) is 3.09. The molecule has 0 saturated heterocycles. The normalized spacial score (nSPS) is 11.0. The molecule has 7 nitrogen and oxygen atoms in total. The summed E-state index contributed by atoms with van der Waals surface area (Å²) in [5.41, 5.74) is 2.38. The van der Waals surface area contributed by atoms with E-state index >= 15 is 0 Å². The van der Waals surface area contributed by atoms with Crippen molar-refractivity contribution in [3.63, 3.8) is 0 Å². The van der Waals surface area contributed by atoms with E-state index < -0.39 is 0 Å². The van der Waals surface area contributed by atoms with Gasteiger partial charge in [0, 0.05) is 30.6 Å². The molecule has 0 atom stereocenters. The highest BCUT2D eigenvalue weighted by atomic mass is 16.5. The van der Waals surface area contributed by atoms with Gasteiger partial charge in [0.25, 0.3) is 5.56 Å².